The predicted molar refractivity (Wildman–Crippen MR) is 55.1 cm³/mol. The second kappa shape index (κ2) is 4.28. The van der Waals surface area contributed by atoms with Gasteiger partial charge in [-0.25, -0.2) is 4.79 Å². The highest BCUT2D eigenvalue weighted by Crippen LogP contribution is 2.20. The van der Waals surface area contributed by atoms with Crippen LogP contribution in [0.15, 0.2) is 0 Å². The maximum atomic E-state index is 11.1. The van der Waals surface area contributed by atoms with Crippen molar-refractivity contribution in [3.05, 3.63) is 0 Å². The number of carbonyl (C=O) groups is 1. The summed E-state index contributed by atoms with van der Waals surface area (Å²) >= 11 is 0. The Hall–Kier alpha value is -0.610. The van der Waals surface area contributed by atoms with E-state index in [4.69, 9.17) is 5.11 Å². The zero-order valence-electron chi connectivity index (χ0n) is 9.40. The number of carboxylic acid groups (broad SMARTS) is 1. The van der Waals surface area contributed by atoms with Crippen molar-refractivity contribution >= 4 is 5.97 Å². The Morgan fingerprint density at radius 2 is 1.50 bits per heavy atom. The van der Waals surface area contributed by atoms with Crippen molar-refractivity contribution in [2.24, 2.45) is 0 Å². The van der Waals surface area contributed by atoms with Crippen LogP contribution in [0.1, 0.15) is 27.7 Å². The summed E-state index contributed by atoms with van der Waals surface area (Å²) in [6.07, 6.45) is -0.435. The van der Waals surface area contributed by atoms with E-state index in [-0.39, 0.29) is 0 Å². The Labute approximate surface area is 85.5 Å². The van der Waals surface area contributed by atoms with Gasteiger partial charge < -0.3 is 5.11 Å². The molecule has 0 spiro atoms. The Morgan fingerprint density at radius 3 is 1.71 bits per heavy atom. The van der Waals surface area contributed by atoms with Crippen LogP contribution in [-0.2, 0) is 4.79 Å². The average Bonchev–Trinajstić information content (AvgIpc) is 2.46. The van der Waals surface area contributed by atoms with E-state index in [1.54, 1.807) is 0 Å². The fraction of sp³-hybridized carbons (Fsp3) is 0.900. The monoisotopic (exact) mass is 200 g/mol. The van der Waals surface area contributed by atoms with E-state index in [9.17, 15) is 4.79 Å². The zero-order valence-corrected chi connectivity index (χ0v) is 9.40. The van der Waals surface area contributed by atoms with Crippen LogP contribution in [0.25, 0.3) is 0 Å². The molecule has 82 valence electrons. The molecule has 0 aromatic carbocycles. The van der Waals surface area contributed by atoms with E-state index < -0.39 is 12.1 Å². The number of carboxylic acids is 1. The molecule has 1 saturated heterocycles. The van der Waals surface area contributed by atoms with Crippen molar-refractivity contribution in [2.45, 2.75) is 45.9 Å². The Morgan fingerprint density at radius 1 is 1.14 bits per heavy atom. The lowest BCUT2D eigenvalue weighted by Crippen LogP contribution is -2.49. The standard InChI is InChI=1S/C10H20N2O2/c1-7(2)11-5-6-12(8(3)4)9(11)10(13)14/h7-9H,5-6H2,1-4H3,(H,13,14). The van der Waals surface area contributed by atoms with E-state index in [0.717, 1.165) is 13.1 Å². The van der Waals surface area contributed by atoms with E-state index in [0.29, 0.717) is 12.1 Å². The van der Waals surface area contributed by atoms with Gasteiger partial charge in [0.25, 0.3) is 0 Å². The second-order valence-electron chi connectivity index (χ2n) is 4.38. The predicted octanol–water partition coefficient (Wildman–Crippen LogP) is 0.831. The summed E-state index contributed by atoms with van der Waals surface area (Å²) in [4.78, 5) is 15.2. The molecule has 0 aromatic rings. The van der Waals surface area contributed by atoms with Gasteiger partial charge in [-0.15, -0.1) is 0 Å². The molecule has 0 radical (unpaired) electrons. The third kappa shape index (κ3) is 2.07. The molecule has 1 aliphatic rings. The topological polar surface area (TPSA) is 43.8 Å². The molecule has 0 aromatic heterocycles. The second-order valence-corrected chi connectivity index (χ2v) is 4.38. The summed E-state index contributed by atoms with van der Waals surface area (Å²) in [6.45, 7) is 9.87. The van der Waals surface area contributed by atoms with Crippen LogP contribution in [0.2, 0.25) is 0 Å². The molecule has 1 rings (SSSR count). The number of nitrogens with zero attached hydrogens (tertiary/aromatic N) is 2. The lowest BCUT2D eigenvalue weighted by atomic mass is 10.2. The van der Waals surface area contributed by atoms with Gasteiger partial charge >= 0.3 is 5.97 Å². The van der Waals surface area contributed by atoms with Crippen LogP contribution in [-0.4, -0.2) is 52.2 Å². The van der Waals surface area contributed by atoms with Gasteiger partial charge in [-0.3, -0.25) is 9.80 Å². The Balaban J connectivity index is 2.79. The molecule has 1 fully saturated rings. The van der Waals surface area contributed by atoms with E-state index >= 15 is 0 Å². The summed E-state index contributed by atoms with van der Waals surface area (Å²) in [7, 11) is 0. The van der Waals surface area contributed by atoms with Crippen molar-refractivity contribution < 1.29 is 9.90 Å². The summed E-state index contributed by atoms with van der Waals surface area (Å²) in [5.74, 6) is -0.732. The highest BCUT2D eigenvalue weighted by Gasteiger charge is 2.39. The van der Waals surface area contributed by atoms with Crippen molar-refractivity contribution in [3.63, 3.8) is 0 Å². The van der Waals surface area contributed by atoms with Gasteiger partial charge in [-0.2, -0.15) is 0 Å². The lowest BCUT2D eigenvalue weighted by molar-refractivity contribution is -0.149. The summed E-state index contributed by atoms with van der Waals surface area (Å²) in [5, 5.41) is 9.17. The molecule has 1 heterocycles. The van der Waals surface area contributed by atoms with Crippen LogP contribution in [0.4, 0.5) is 0 Å². The van der Waals surface area contributed by atoms with E-state index in [2.05, 4.69) is 0 Å². The zero-order chi connectivity index (χ0) is 10.9. The van der Waals surface area contributed by atoms with Crippen LogP contribution in [0.3, 0.4) is 0 Å². The number of hydrogen-bond acceptors (Lipinski definition) is 3. The molecule has 1 aliphatic heterocycles. The minimum atomic E-state index is -0.732. The quantitative estimate of drug-likeness (QED) is 0.733. The average molecular weight is 200 g/mol. The van der Waals surface area contributed by atoms with Crippen LogP contribution in [0.5, 0.6) is 0 Å². The fourth-order valence-electron chi connectivity index (χ4n) is 2.03. The molecule has 0 bridgehead atoms. The maximum absolute atomic E-state index is 11.1. The van der Waals surface area contributed by atoms with Crippen molar-refractivity contribution in [1.82, 2.24) is 9.80 Å². The summed E-state index contributed by atoms with van der Waals surface area (Å²) in [6, 6.07) is 0.583. The largest absolute Gasteiger partial charge is 0.479 e. The minimum Gasteiger partial charge on any atom is -0.479 e. The first-order chi connectivity index (χ1) is 6.45. The summed E-state index contributed by atoms with van der Waals surface area (Å²) < 4.78 is 0. The fourth-order valence-corrected chi connectivity index (χ4v) is 2.03. The third-order valence-corrected chi connectivity index (χ3v) is 2.79. The smallest absolute Gasteiger partial charge is 0.336 e. The van der Waals surface area contributed by atoms with Crippen LogP contribution < -0.4 is 0 Å². The highest BCUT2D eigenvalue weighted by atomic mass is 16.4. The van der Waals surface area contributed by atoms with Crippen LogP contribution >= 0.6 is 0 Å². The van der Waals surface area contributed by atoms with Gasteiger partial charge in [0, 0.05) is 25.2 Å². The third-order valence-electron chi connectivity index (χ3n) is 2.79. The van der Waals surface area contributed by atoms with E-state index in [1.807, 2.05) is 37.5 Å². The molecule has 1 N–H and O–H groups in total. The first-order valence-electron chi connectivity index (χ1n) is 5.19. The van der Waals surface area contributed by atoms with Gasteiger partial charge in [-0.05, 0) is 27.7 Å². The van der Waals surface area contributed by atoms with Crippen LogP contribution in [0, 0.1) is 0 Å². The highest BCUT2D eigenvalue weighted by molar-refractivity contribution is 5.73. The van der Waals surface area contributed by atoms with Crippen molar-refractivity contribution in [3.8, 4) is 0 Å². The van der Waals surface area contributed by atoms with Crippen molar-refractivity contribution in [1.29, 1.82) is 0 Å². The Kier molecular flexibility index (Phi) is 3.50. The van der Waals surface area contributed by atoms with Gasteiger partial charge in [0.05, 0.1) is 0 Å². The molecule has 4 heteroatoms. The SMILES string of the molecule is CC(C)N1CCN(C(C)C)C1C(=O)O. The number of hydrogen-bond donors (Lipinski definition) is 1. The van der Waals surface area contributed by atoms with Gasteiger partial charge in [0.15, 0.2) is 6.17 Å². The molecular weight excluding hydrogens is 180 g/mol. The van der Waals surface area contributed by atoms with Gasteiger partial charge in [0.2, 0.25) is 0 Å². The van der Waals surface area contributed by atoms with Gasteiger partial charge in [0.1, 0.15) is 0 Å². The Bertz CT molecular complexity index is 200. The lowest BCUT2D eigenvalue weighted by Gasteiger charge is -2.31. The van der Waals surface area contributed by atoms with E-state index in [1.165, 1.54) is 0 Å². The molecule has 0 unspecified atom stereocenters. The molecule has 4 nitrogen and oxygen atoms in total. The molecule has 0 saturated carbocycles. The molecule has 0 atom stereocenters. The number of aliphatic carboxylic acids is 1. The molecule has 14 heavy (non-hydrogen) atoms. The molecule has 0 amide bonds. The van der Waals surface area contributed by atoms with Gasteiger partial charge in [-0.1, -0.05) is 0 Å². The summed E-state index contributed by atoms with van der Waals surface area (Å²) in [5.41, 5.74) is 0. The normalized spacial score (nSPS) is 21.3. The molecule has 0 aliphatic carbocycles. The minimum absolute atomic E-state index is 0.292. The first kappa shape index (κ1) is 11.5. The van der Waals surface area contributed by atoms with Crippen molar-refractivity contribution in [2.75, 3.05) is 13.1 Å². The maximum Gasteiger partial charge on any atom is 0.336 e. The first-order valence-corrected chi connectivity index (χ1v) is 5.19. The molecular formula is C10H20N2O2. The number of rotatable bonds is 3.